The first-order valence-corrected chi connectivity index (χ1v) is 8.12. The van der Waals surface area contributed by atoms with E-state index in [2.05, 4.69) is 25.4 Å². The lowest BCUT2D eigenvalue weighted by Crippen LogP contribution is -2.41. The zero-order valence-electron chi connectivity index (χ0n) is 13.9. The average Bonchev–Trinajstić information content (AvgIpc) is 2.95. The molecular formula is C15H24N6O2. The number of carbonyl (C=O) groups is 2. The van der Waals surface area contributed by atoms with E-state index in [1.54, 1.807) is 13.8 Å². The summed E-state index contributed by atoms with van der Waals surface area (Å²) in [6.45, 7) is 8.23. The highest BCUT2D eigenvalue weighted by molar-refractivity contribution is 6.06. The largest absolute Gasteiger partial charge is 0.325 e. The molecule has 0 aliphatic carbocycles. The van der Waals surface area contributed by atoms with E-state index in [0.29, 0.717) is 19.0 Å². The molecule has 23 heavy (non-hydrogen) atoms. The Morgan fingerprint density at radius 2 is 2.13 bits per heavy atom. The van der Waals surface area contributed by atoms with E-state index in [0.717, 1.165) is 37.6 Å². The molecule has 8 heteroatoms. The molecule has 1 unspecified atom stereocenters. The summed E-state index contributed by atoms with van der Waals surface area (Å²) in [7, 11) is 0. The smallest absolute Gasteiger partial charge is 0.324 e. The van der Waals surface area contributed by atoms with Crippen LogP contribution in [0.1, 0.15) is 31.9 Å². The second-order valence-corrected chi connectivity index (χ2v) is 6.89. The van der Waals surface area contributed by atoms with Gasteiger partial charge in [-0.3, -0.25) is 9.69 Å². The Labute approximate surface area is 135 Å². The number of imide groups is 1. The van der Waals surface area contributed by atoms with Crippen molar-refractivity contribution in [3.8, 4) is 0 Å². The number of nitrogens with zero attached hydrogens (tertiary/aromatic N) is 4. The second kappa shape index (κ2) is 5.92. The van der Waals surface area contributed by atoms with Crippen molar-refractivity contribution in [1.29, 1.82) is 0 Å². The van der Waals surface area contributed by atoms with E-state index in [4.69, 9.17) is 0 Å². The first-order valence-electron chi connectivity index (χ1n) is 8.12. The van der Waals surface area contributed by atoms with E-state index in [1.165, 1.54) is 4.90 Å². The zero-order valence-corrected chi connectivity index (χ0v) is 13.9. The minimum Gasteiger partial charge on any atom is -0.324 e. The molecule has 1 saturated heterocycles. The second-order valence-electron chi connectivity index (χ2n) is 6.89. The van der Waals surface area contributed by atoms with Crippen LogP contribution in [0, 0.1) is 12.8 Å². The third-order valence-corrected chi connectivity index (χ3v) is 4.62. The molecule has 2 aliphatic heterocycles. The maximum Gasteiger partial charge on any atom is 0.325 e. The molecule has 0 bridgehead atoms. The van der Waals surface area contributed by atoms with Crippen molar-refractivity contribution in [1.82, 2.24) is 30.3 Å². The van der Waals surface area contributed by atoms with Gasteiger partial charge in [-0.25, -0.2) is 4.79 Å². The molecule has 0 saturated carbocycles. The van der Waals surface area contributed by atoms with Gasteiger partial charge in [0.2, 0.25) is 0 Å². The Hall–Kier alpha value is -1.96. The molecule has 1 aromatic heterocycles. The molecule has 0 spiro atoms. The quantitative estimate of drug-likeness (QED) is 0.592. The molecule has 2 aliphatic rings. The van der Waals surface area contributed by atoms with Gasteiger partial charge in [-0.2, -0.15) is 0 Å². The SMILES string of the molecule is Cc1nnc2n1CC(CNCCN1C(=O)NC(C)(C)C1=O)CC2. The summed E-state index contributed by atoms with van der Waals surface area (Å²) >= 11 is 0. The number of carbonyl (C=O) groups excluding carboxylic acids is 2. The highest BCUT2D eigenvalue weighted by Crippen LogP contribution is 2.19. The fourth-order valence-electron chi connectivity index (χ4n) is 3.21. The van der Waals surface area contributed by atoms with Crippen LogP contribution >= 0.6 is 0 Å². The molecule has 0 aromatic carbocycles. The van der Waals surface area contributed by atoms with Crippen molar-refractivity contribution in [2.75, 3.05) is 19.6 Å². The van der Waals surface area contributed by atoms with Gasteiger partial charge in [0, 0.05) is 26.1 Å². The summed E-state index contributed by atoms with van der Waals surface area (Å²) in [4.78, 5) is 25.2. The van der Waals surface area contributed by atoms with Crippen LogP contribution in [0.2, 0.25) is 0 Å². The molecule has 3 amide bonds. The zero-order chi connectivity index (χ0) is 16.6. The van der Waals surface area contributed by atoms with Gasteiger partial charge in [0.25, 0.3) is 5.91 Å². The summed E-state index contributed by atoms with van der Waals surface area (Å²) in [6, 6.07) is -0.302. The molecule has 8 nitrogen and oxygen atoms in total. The minimum atomic E-state index is -0.789. The maximum atomic E-state index is 12.1. The number of rotatable bonds is 5. The van der Waals surface area contributed by atoms with Crippen molar-refractivity contribution in [2.45, 2.75) is 45.7 Å². The fraction of sp³-hybridized carbons (Fsp3) is 0.733. The normalized spacial score (nSPS) is 23.1. The number of nitrogens with one attached hydrogen (secondary N) is 2. The molecule has 1 aromatic rings. The van der Waals surface area contributed by atoms with Crippen LogP contribution in [-0.4, -0.2) is 56.8 Å². The van der Waals surface area contributed by atoms with E-state index < -0.39 is 5.54 Å². The Morgan fingerprint density at radius 1 is 1.35 bits per heavy atom. The number of aromatic nitrogens is 3. The van der Waals surface area contributed by atoms with Gasteiger partial charge >= 0.3 is 6.03 Å². The predicted molar refractivity (Wildman–Crippen MR) is 83.8 cm³/mol. The fourth-order valence-corrected chi connectivity index (χ4v) is 3.21. The number of amides is 3. The van der Waals surface area contributed by atoms with Gasteiger partial charge < -0.3 is 15.2 Å². The monoisotopic (exact) mass is 320 g/mol. The molecule has 3 rings (SSSR count). The number of fused-ring (bicyclic) bond motifs is 1. The molecule has 1 atom stereocenters. The summed E-state index contributed by atoms with van der Waals surface area (Å²) < 4.78 is 2.18. The van der Waals surface area contributed by atoms with Crippen LogP contribution in [0.5, 0.6) is 0 Å². The third kappa shape index (κ3) is 3.08. The van der Waals surface area contributed by atoms with Crippen LogP contribution in [0.3, 0.4) is 0 Å². The Balaban J connectivity index is 1.44. The molecule has 2 N–H and O–H groups in total. The highest BCUT2D eigenvalue weighted by Gasteiger charge is 2.43. The molecule has 3 heterocycles. The van der Waals surface area contributed by atoms with Crippen molar-refractivity contribution in [2.24, 2.45) is 5.92 Å². The maximum absolute atomic E-state index is 12.1. The van der Waals surface area contributed by atoms with E-state index in [9.17, 15) is 9.59 Å². The van der Waals surface area contributed by atoms with Gasteiger partial charge in [-0.1, -0.05) is 0 Å². The lowest BCUT2D eigenvalue weighted by molar-refractivity contribution is -0.130. The third-order valence-electron chi connectivity index (χ3n) is 4.62. The Morgan fingerprint density at radius 3 is 2.83 bits per heavy atom. The number of urea groups is 1. The van der Waals surface area contributed by atoms with Crippen molar-refractivity contribution in [3.05, 3.63) is 11.6 Å². The predicted octanol–water partition coefficient (Wildman–Crippen LogP) is 0.0689. The number of hydrogen-bond donors (Lipinski definition) is 2. The first-order chi connectivity index (χ1) is 10.9. The summed E-state index contributed by atoms with van der Waals surface area (Å²) in [6.07, 6.45) is 2.04. The Kier molecular flexibility index (Phi) is 4.09. The molecule has 0 radical (unpaired) electrons. The van der Waals surface area contributed by atoms with Crippen molar-refractivity contribution >= 4 is 11.9 Å². The van der Waals surface area contributed by atoms with E-state index >= 15 is 0 Å². The highest BCUT2D eigenvalue weighted by atomic mass is 16.2. The van der Waals surface area contributed by atoms with E-state index in [-0.39, 0.29) is 11.9 Å². The molecule has 126 valence electrons. The standard InChI is InChI=1S/C15H24N6O2/c1-10-18-19-12-5-4-11(9-21(10)12)8-16-6-7-20-13(22)15(2,3)17-14(20)23/h11,16H,4-9H2,1-3H3,(H,17,23). The Bertz CT molecular complexity index is 623. The summed E-state index contributed by atoms with van der Waals surface area (Å²) in [5, 5.41) is 14.3. The van der Waals surface area contributed by atoms with Crippen LogP contribution < -0.4 is 10.6 Å². The van der Waals surface area contributed by atoms with Gasteiger partial charge in [0.05, 0.1) is 0 Å². The van der Waals surface area contributed by atoms with Crippen LogP contribution in [0.4, 0.5) is 4.79 Å². The topological polar surface area (TPSA) is 92.2 Å². The minimum absolute atomic E-state index is 0.160. The van der Waals surface area contributed by atoms with E-state index in [1.807, 2.05) is 6.92 Å². The van der Waals surface area contributed by atoms with Gasteiger partial charge in [0.1, 0.15) is 17.2 Å². The summed E-state index contributed by atoms with van der Waals surface area (Å²) in [5.41, 5.74) is -0.789. The number of aryl methyl sites for hydroxylation is 2. The van der Waals surface area contributed by atoms with Crippen molar-refractivity contribution in [3.63, 3.8) is 0 Å². The first kappa shape index (κ1) is 15.9. The molecule has 1 fully saturated rings. The van der Waals surface area contributed by atoms with Gasteiger partial charge in [-0.15, -0.1) is 10.2 Å². The van der Waals surface area contributed by atoms with Gasteiger partial charge in [0.15, 0.2) is 0 Å². The molecular weight excluding hydrogens is 296 g/mol. The average molecular weight is 320 g/mol. The van der Waals surface area contributed by atoms with Crippen LogP contribution in [0.25, 0.3) is 0 Å². The lowest BCUT2D eigenvalue weighted by Gasteiger charge is -2.24. The van der Waals surface area contributed by atoms with Crippen LogP contribution in [-0.2, 0) is 17.8 Å². The number of hydrogen-bond acceptors (Lipinski definition) is 5. The summed E-state index contributed by atoms with van der Waals surface area (Å²) in [5.74, 6) is 2.40. The van der Waals surface area contributed by atoms with Crippen molar-refractivity contribution < 1.29 is 9.59 Å². The lowest BCUT2D eigenvalue weighted by atomic mass is 9.99. The van der Waals surface area contributed by atoms with Crippen LogP contribution in [0.15, 0.2) is 0 Å². The van der Waals surface area contributed by atoms with Gasteiger partial charge in [-0.05, 0) is 39.7 Å².